The zero-order chi connectivity index (χ0) is 43.8. The van der Waals surface area contributed by atoms with Gasteiger partial charge in [-0.05, 0) is 98.5 Å². The molecule has 0 aliphatic heterocycles. The quantitative estimate of drug-likeness (QED) is 0.0634. The molecule has 13 heteroatoms. The van der Waals surface area contributed by atoms with Crippen molar-refractivity contribution in [2.24, 2.45) is 0 Å². The van der Waals surface area contributed by atoms with Crippen LogP contribution in [0.15, 0.2) is 82.4 Å². The van der Waals surface area contributed by atoms with Crippen LogP contribution in [0.1, 0.15) is 101 Å². The van der Waals surface area contributed by atoms with Crippen molar-refractivity contribution in [2.75, 3.05) is 0 Å². The summed E-state index contributed by atoms with van der Waals surface area (Å²) < 4.78 is 5.45. The number of unbranched alkanes of at least 4 members (excludes halogenated alkanes) is 10. The second kappa shape index (κ2) is 17.4. The number of hydrogen-bond donors (Lipinski definition) is 0. The van der Waals surface area contributed by atoms with Crippen LogP contribution >= 0.6 is 79.4 Å². The Labute approximate surface area is 403 Å². The van der Waals surface area contributed by atoms with Crippen molar-refractivity contribution in [3.63, 3.8) is 0 Å². The summed E-state index contributed by atoms with van der Waals surface area (Å²) in [6, 6.07) is 26.0. The van der Waals surface area contributed by atoms with Crippen LogP contribution in [-0.4, -0.2) is 18.8 Å². The summed E-state index contributed by atoms with van der Waals surface area (Å²) in [6.07, 6.45) is 18.1. The summed E-state index contributed by atoms with van der Waals surface area (Å²) in [5, 5.41) is 2.88. The lowest BCUT2D eigenvalue weighted by Gasteiger charge is -2.04. The van der Waals surface area contributed by atoms with Gasteiger partial charge < -0.3 is 0 Å². The summed E-state index contributed by atoms with van der Waals surface area (Å²) in [7, 11) is 0. The van der Waals surface area contributed by atoms with E-state index in [2.05, 4.69) is 74.5 Å². The maximum Gasteiger partial charge on any atom is 0.264 e. The standard InChI is InChI=1S/C52H46N4O2S7/c1-3-5-7-9-11-13-15-29-17-21-35(59-29)37-23-25-39(61-37)41-27-33-49(63-41)53-47-45-43-31(51(57)55(33)47)19-20-32-44(43)46(65-45)48-54-50-34(56(48)52(32)58)28-42(64-50)40-26-24-38(62-40)36-22-18-30(60-36)16-14-12-10-8-6-4-2/h17-28H,3-16H2,1-2H3. The molecule has 12 aromatic rings. The number of rotatable bonds is 18. The van der Waals surface area contributed by atoms with E-state index in [-0.39, 0.29) is 11.1 Å². The number of pyridine rings is 2. The average Bonchev–Trinajstić information content (AvgIpc) is 4.15. The lowest BCUT2D eigenvalue weighted by Crippen LogP contribution is -2.15. The first-order valence-corrected chi connectivity index (χ1v) is 28.8. The summed E-state index contributed by atoms with van der Waals surface area (Å²) in [5.41, 5.74) is 2.78. The summed E-state index contributed by atoms with van der Waals surface area (Å²) in [6.45, 7) is 4.54. The van der Waals surface area contributed by atoms with Crippen molar-refractivity contribution in [1.29, 1.82) is 0 Å². The minimum Gasteiger partial charge on any atom is -0.268 e. The number of aryl methyl sites for hydroxylation is 2. The van der Waals surface area contributed by atoms with Crippen LogP contribution in [0.2, 0.25) is 0 Å². The highest BCUT2D eigenvalue weighted by atomic mass is 32.1. The lowest BCUT2D eigenvalue weighted by molar-refractivity contribution is 0.609. The molecule has 11 heterocycles. The van der Waals surface area contributed by atoms with E-state index in [9.17, 15) is 9.59 Å². The third-order valence-electron chi connectivity index (χ3n) is 12.9. The molecule has 6 nitrogen and oxygen atoms in total. The molecule has 11 aromatic heterocycles. The zero-order valence-electron chi connectivity index (χ0n) is 36.3. The summed E-state index contributed by atoms with van der Waals surface area (Å²) >= 11 is 12.3. The van der Waals surface area contributed by atoms with E-state index in [0.717, 1.165) is 63.5 Å². The summed E-state index contributed by atoms with van der Waals surface area (Å²) in [4.78, 5) is 53.7. The highest BCUT2D eigenvalue weighted by Crippen LogP contribution is 2.47. The highest BCUT2D eigenvalue weighted by molar-refractivity contribution is 7.30. The lowest BCUT2D eigenvalue weighted by atomic mass is 10.0. The maximum absolute atomic E-state index is 14.5. The van der Waals surface area contributed by atoms with E-state index in [1.807, 2.05) is 57.5 Å². The van der Waals surface area contributed by atoms with E-state index in [1.165, 1.54) is 116 Å². The Hall–Kier alpha value is -4.34. The molecule has 0 aliphatic carbocycles. The Morgan fingerprint density at radius 2 is 0.800 bits per heavy atom. The van der Waals surface area contributed by atoms with Gasteiger partial charge >= 0.3 is 0 Å². The second-order valence-corrected chi connectivity index (χ2v) is 24.9. The largest absolute Gasteiger partial charge is 0.268 e. The molecule has 1 aromatic carbocycles. The first kappa shape index (κ1) is 42.0. The van der Waals surface area contributed by atoms with Crippen molar-refractivity contribution in [3.05, 3.63) is 103 Å². The molecule has 0 fully saturated rings. The molecule has 0 saturated carbocycles. The molecule has 328 valence electrons. The molecule has 0 atom stereocenters. The van der Waals surface area contributed by atoms with E-state index in [4.69, 9.17) is 9.97 Å². The average molecular weight is 983 g/mol. The number of aromatic nitrogens is 4. The van der Waals surface area contributed by atoms with Crippen LogP contribution in [0.3, 0.4) is 0 Å². The molecule has 0 saturated heterocycles. The molecule has 0 radical (unpaired) electrons. The molecule has 0 spiro atoms. The molecular weight excluding hydrogens is 937 g/mol. The van der Waals surface area contributed by atoms with Gasteiger partial charge in [0, 0.05) is 70.3 Å². The van der Waals surface area contributed by atoms with Crippen LogP contribution in [0.4, 0.5) is 0 Å². The number of imidazole rings is 2. The maximum atomic E-state index is 14.5. The number of thiophene rings is 7. The first-order chi connectivity index (χ1) is 31.9. The van der Waals surface area contributed by atoms with Gasteiger partial charge in [0.25, 0.3) is 11.1 Å². The number of nitrogens with zero attached hydrogens (tertiary/aromatic N) is 4. The molecule has 0 aliphatic rings. The first-order valence-electron chi connectivity index (χ1n) is 23.1. The zero-order valence-corrected chi connectivity index (χ0v) is 42.0. The van der Waals surface area contributed by atoms with Crippen LogP contribution in [-0.2, 0) is 12.8 Å². The number of hydrogen-bond acceptors (Lipinski definition) is 11. The minimum absolute atomic E-state index is 0.0996. The highest BCUT2D eigenvalue weighted by Gasteiger charge is 2.27. The third kappa shape index (κ3) is 7.32. The van der Waals surface area contributed by atoms with E-state index >= 15 is 0 Å². The smallest absolute Gasteiger partial charge is 0.264 e. The fourth-order valence-corrected chi connectivity index (χ4v) is 17.3. The Balaban J connectivity index is 0.844. The van der Waals surface area contributed by atoms with Crippen molar-refractivity contribution < 1.29 is 0 Å². The molecule has 0 bridgehead atoms. The fraction of sp³-hybridized carbons (Fsp3) is 0.308. The van der Waals surface area contributed by atoms with Crippen molar-refractivity contribution >= 4 is 142 Å². The van der Waals surface area contributed by atoms with Crippen LogP contribution in [0.5, 0.6) is 0 Å². The minimum atomic E-state index is -0.0996. The summed E-state index contributed by atoms with van der Waals surface area (Å²) in [5.74, 6) is 0. The van der Waals surface area contributed by atoms with E-state index in [0.29, 0.717) is 22.1 Å². The molecule has 12 rings (SSSR count). The van der Waals surface area contributed by atoms with Gasteiger partial charge in [0.2, 0.25) is 0 Å². The Morgan fingerprint density at radius 1 is 0.415 bits per heavy atom. The fourth-order valence-electron chi connectivity index (χ4n) is 9.55. The van der Waals surface area contributed by atoms with Crippen LogP contribution in [0, 0.1) is 0 Å². The van der Waals surface area contributed by atoms with Crippen molar-refractivity contribution in [2.45, 2.75) is 104 Å². The Morgan fingerprint density at radius 3 is 1.25 bits per heavy atom. The van der Waals surface area contributed by atoms with Crippen LogP contribution in [0.25, 0.3) is 102 Å². The normalized spacial score (nSPS) is 12.5. The van der Waals surface area contributed by atoms with Crippen LogP contribution < -0.4 is 11.1 Å². The number of fused-ring (bicyclic) bond motifs is 8. The van der Waals surface area contributed by atoms with Gasteiger partial charge in [0.1, 0.15) is 9.66 Å². The molecule has 65 heavy (non-hydrogen) atoms. The van der Waals surface area contributed by atoms with Crippen molar-refractivity contribution in [1.82, 2.24) is 18.8 Å². The molecule has 0 amide bonds. The van der Waals surface area contributed by atoms with Crippen molar-refractivity contribution in [3.8, 4) is 39.0 Å². The molecule has 0 unspecified atom stereocenters. The van der Waals surface area contributed by atoms with Gasteiger partial charge in [0.05, 0.1) is 20.4 Å². The molecular formula is C52H46N4O2S7. The Kier molecular flexibility index (Phi) is 11.2. The van der Waals surface area contributed by atoms with Gasteiger partial charge in [-0.15, -0.1) is 79.4 Å². The molecule has 0 N–H and O–H groups in total. The van der Waals surface area contributed by atoms with Gasteiger partial charge in [-0.3, -0.25) is 18.4 Å². The van der Waals surface area contributed by atoms with E-state index in [1.54, 1.807) is 42.8 Å². The second-order valence-electron chi connectivity index (χ2n) is 17.3. The monoisotopic (exact) mass is 982 g/mol. The number of benzene rings is 1. The SMILES string of the molecule is CCCCCCCCc1ccc(-c2ccc(-c3cc4c(nc5c6sc7c8c(ccc(c(=O)n45)c68)c(=O)n4c5cc(-c6ccc(-c8ccc(CCCCCCCC)s8)s6)sc5nc74)s3)s2)s1. The Bertz CT molecular complexity index is 3540. The van der Waals surface area contributed by atoms with E-state index < -0.39 is 0 Å². The third-order valence-corrected chi connectivity index (χ3v) is 21.4. The predicted octanol–water partition coefficient (Wildman–Crippen LogP) is 17.2. The van der Waals surface area contributed by atoms with Gasteiger partial charge in [0.15, 0.2) is 11.3 Å². The topological polar surface area (TPSA) is 68.7 Å². The van der Waals surface area contributed by atoms with Gasteiger partial charge in [-0.25, -0.2) is 9.97 Å². The van der Waals surface area contributed by atoms with Gasteiger partial charge in [-0.1, -0.05) is 78.1 Å². The predicted molar refractivity (Wildman–Crippen MR) is 287 cm³/mol. The van der Waals surface area contributed by atoms with Gasteiger partial charge in [-0.2, -0.15) is 0 Å².